The Bertz CT molecular complexity index is 918. The molecule has 3 heterocycles. The van der Waals surface area contributed by atoms with E-state index in [1.165, 1.54) is 0 Å². The number of benzene rings is 1. The first kappa shape index (κ1) is 23.1. The molecule has 0 aliphatic carbocycles. The number of fused-ring (bicyclic) bond motifs is 1. The molecule has 1 spiro atoms. The number of halogens is 2. The molecule has 0 radical (unpaired) electrons. The molecule has 0 saturated carbocycles. The van der Waals surface area contributed by atoms with Gasteiger partial charge in [0, 0.05) is 18.7 Å². The van der Waals surface area contributed by atoms with Crippen LogP contribution < -0.4 is 4.74 Å². The number of carboxylic acid groups (broad SMARTS) is 1. The third-order valence-electron chi connectivity index (χ3n) is 6.46. The van der Waals surface area contributed by atoms with Gasteiger partial charge in [0.05, 0.1) is 36.2 Å². The van der Waals surface area contributed by atoms with E-state index in [9.17, 15) is 14.7 Å². The van der Waals surface area contributed by atoms with E-state index in [0.29, 0.717) is 63.5 Å². The van der Waals surface area contributed by atoms with Crippen LogP contribution in [0.15, 0.2) is 6.07 Å². The second-order valence-corrected chi connectivity index (χ2v) is 10.5. The second-order valence-electron chi connectivity index (χ2n) is 10.1. The number of hydrogen-bond donors (Lipinski definition) is 1. The molecule has 1 aromatic rings. The third-order valence-corrected chi connectivity index (χ3v) is 6.85. The highest BCUT2D eigenvalue weighted by Crippen LogP contribution is 2.46. The smallest absolute Gasteiger partial charge is 0.410 e. The molecule has 176 valence electrons. The molecule has 0 unspecified atom stereocenters. The van der Waals surface area contributed by atoms with Crippen LogP contribution in [-0.2, 0) is 20.7 Å². The number of carbonyl (C=O) groups excluding carboxylic acids is 1. The maximum absolute atomic E-state index is 15.2. The van der Waals surface area contributed by atoms with E-state index in [1.807, 2.05) is 0 Å². The number of ether oxygens (including phenoxy) is 3. The number of likely N-dealkylation sites (tertiary alicyclic amines) is 1. The van der Waals surface area contributed by atoms with Crippen molar-refractivity contribution in [2.24, 2.45) is 11.3 Å². The minimum absolute atomic E-state index is 0.161. The van der Waals surface area contributed by atoms with E-state index in [4.69, 9.17) is 25.8 Å². The molecule has 3 aliphatic rings. The molecule has 2 saturated heterocycles. The predicted octanol–water partition coefficient (Wildman–Crippen LogP) is 4.25. The average Bonchev–Trinajstić information content (AvgIpc) is 2.69. The van der Waals surface area contributed by atoms with Crippen molar-refractivity contribution in [3.8, 4) is 5.75 Å². The van der Waals surface area contributed by atoms with Gasteiger partial charge in [0.15, 0.2) is 0 Å². The summed E-state index contributed by atoms with van der Waals surface area (Å²) in [4.78, 5) is 26.2. The van der Waals surface area contributed by atoms with Crippen LogP contribution in [0.3, 0.4) is 0 Å². The number of aliphatic carboxylic acids is 1. The number of amides is 1. The zero-order valence-electron chi connectivity index (χ0n) is 18.6. The van der Waals surface area contributed by atoms with Crippen molar-refractivity contribution < 1.29 is 33.3 Å². The fourth-order valence-corrected chi connectivity index (χ4v) is 5.03. The predicted molar refractivity (Wildman–Crippen MR) is 115 cm³/mol. The first-order valence-corrected chi connectivity index (χ1v) is 11.3. The van der Waals surface area contributed by atoms with E-state index >= 15 is 4.39 Å². The van der Waals surface area contributed by atoms with Gasteiger partial charge in [-0.25, -0.2) is 9.18 Å². The Balaban J connectivity index is 1.53. The normalized spacial score (nSPS) is 21.3. The van der Waals surface area contributed by atoms with Gasteiger partial charge in [-0.1, -0.05) is 11.6 Å². The molecule has 1 N–H and O–H groups in total. The molecule has 7 nitrogen and oxygen atoms in total. The Morgan fingerprint density at radius 1 is 1.28 bits per heavy atom. The van der Waals surface area contributed by atoms with Gasteiger partial charge in [0.2, 0.25) is 0 Å². The first-order valence-electron chi connectivity index (χ1n) is 10.9. The van der Waals surface area contributed by atoms with Crippen molar-refractivity contribution in [1.82, 2.24) is 4.90 Å². The molecule has 1 atom stereocenters. The number of carboxylic acids is 1. The van der Waals surface area contributed by atoms with E-state index in [0.717, 1.165) is 0 Å². The third kappa shape index (κ3) is 4.39. The minimum Gasteiger partial charge on any atom is -0.492 e. The summed E-state index contributed by atoms with van der Waals surface area (Å²) in [6.07, 6.45) is 0.946. The van der Waals surface area contributed by atoms with Gasteiger partial charge in [-0.2, -0.15) is 0 Å². The Morgan fingerprint density at radius 2 is 1.94 bits per heavy atom. The van der Waals surface area contributed by atoms with Crippen molar-refractivity contribution in [2.75, 3.05) is 32.9 Å². The van der Waals surface area contributed by atoms with E-state index < -0.39 is 29.4 Å². The lowest BCUT2D eigenvalue weighted by molar-refractivity contribution is -0.140. The van der Waals surface area contributed by atoms with E-state index in [-0.39, 0.29) is 21.9 Å². The molecular weight excluding hydrogens is 441 g/mol. The number of carbonyl (C=O) groups is 2. The fraction of sp³-hybridized carbons (Fsp3) is 0.652. The van der Waals surface area contributed by atoms with Gasteiger partial charge in [-0.3, -0.25) is 4.79 Å². The van der Waals surface area contributed by atoms with Crippen LogP contribution in [0.4, 0.5) is 9.18 Å². The minimum atomic E-state index is -1.07. The zero-order valence-corrected chi connectivity index (χ0v) is 19.3. The van der Waals surface area contributed by atoms with Crippen LogP contribution in [0.2, 0.25) is 5.02 Å². The Hall–Kier alpha value is -2.06. The highest BCUT2D eigenvalue weighted by molar-refractivity contribution is 6.32. The van der Waals surface area contributed by atoms with Crippen LogP contribution >= 0.6 is 11.6 Å². The number of nitrogens with zero attached hydrogens (tertiary/aromatic N) is 1. The molecular formula is C23H29ClFNO6. The summed E-state index contributed by atoms with van der Waals surface area (Å²) >= 11 is 6.38. The molecule has 0 bridgehead atoms. The Labute approximate surface area is 191 Å². The molecule has 9 heteroatoms. The van der Waals surface area contributed by atoms with Crippen LogP contribution in [0.1, 0.15) is 50.7 Å². The van der Waals surface area contributed by atoms with Crippen molar-refractivity contribution in [1.29, 1.82) is 0 Å². The first-order chi connectivity index (χ1) is 15.0. The number of hydrogen-bond acceptors (Lipinski definition) is 5. The second kappa shape index (κ2) is 8.37. The highest BCUT2D eigenvalue weighted by atomic mass is 35.5. The summed E-state index contributed by atoms with van der Waals surface area (Å²) in [5.41, 5.74) is -0.209. The molecule has 3 aliphatic heterocycles. The maximum Gasteiger partial charge on any atom is 0.410 e. The molecule has 32 heavy (non-hydrogen) atoms. The Morgan fingerprint density at radius 3 is 2.47 bits per heavy atom. The van der Waals surface area contributed by atoms with Crippen LogP contribution in [0.25, 0.3) is 0 Å². The quantitative estimate of drug-likeness (QED) is 0.712. The van der Waals surface area contributed by atoms with Crippen molar-refractivity contribution >= 4 is 23.7 Å². The van der Waals surface area contributed by atoms with E-state index in [2.05, 4.69) is 0 Å². The maximum atomic E-state index is 15.2. The highest BCUT2D eigenvalue weighted by Gasteiger charge is 2.45. The van der Waals surface area contributed by atoms with Gasteiger partial charge in [0.1, 0.15) is 17.2 Å². The lowest BCUT2D eigenvalue weighted by Gasteiger charge is -2.44. The SMILES string of the molecule is CC(C)(C)OC(=O)N1CCC([C@@H](C(=O)O)c2cc3c(c(F)c2Cl)CC2(COC2)CO3)CC1. The largest absolute Gasteiger partial charge is 0.492 e. The lowest BCUT2D eigenvalue weighted by atomic mass is 9.76. The fourth-order valence-electron chi connectivity index (χ4n) is 4.74. The van der Waals surface area contributed by atoms with Gasteiger partial charge in [-0.15, -0.1) is 0 Å². The molecule has 4 rings (SSSR count). The van der Waals surface area contributed by atoms with Crippen molar-refractivity contribution in [3.05, 3.63) is 28.0 Å². The monoisotopic (exact) mass is 469 g/mol. The lowest BCUT2D eigenvalue weighted by Crippen LogP contribution is -2.50. The molecule has 1 amide bonds. The van der Waals surface area contributed by atoms with Gasteiger partial charge in [-0.05, 0) is 57.6 Å². The summed E-state index contributed by atoms with van der Waals surface area (Å²) in [7, 11) is 0. The Kier molecular flexibility index (Phi) is 6.05. The molecule has 0 aromatic heterocycles. The van der Waals surface area contributed by atoms with Crippen molar-refractivity contribution in [3.63, 3.8) is 0 Å². The van der Waals surface area contributed by atoms with Crippen LogP contribution in [-0.4, -0.2) is 60.6 Å². The topological polar surface area (TPSA) is 85.3 Å². The van der Waals surface area contributed by atoms with Crippen molar-refractivity contribution in [2.45, 2.75) is 51.6 Å². The summed E-state index contributed by atoms with van der Waals surface area (Å²) in [6.45, 7) is 7.57. The summed E-state index contributed by atoms with van der Waals surface area (Å²) in [5, 5.41) is 9.85. The number of piperidine rings is 1. The zero-order chi connectivity index (χ0) is 23.3. The van der Waals surface area contributed by atoms with Crippen LogP contribution in [0, 0.1) is 17.2 Å². The van der Waals surface area contributed by atoms with Gasteiger partial charge < -0.3 is 24.2 Å². The van der Waals surface area contributed by atoms with Gasteiger partial charge >= 0.3 is 12.1 Å². The average molecular weight is 470 g/mol. The summed E-state index contributed by atoms with van der Waals surface area (Å²) in [5.74, 6) is -2.60. The van der Waals surface area contributed by atoms with E-state index in [1.54, 1.807) is 31.7 Å². The van der Waals surface area contributed by atoms with Crippen LogP contribution in [0.5, 0.6) is 5.75 Å². The standard InChI is InChI=1S/C23H29ClFNO6/c1-22(2,3)32-21(29)26-6-4-13(5-7-26)17(20(27)28)14-8-16-15(19(25)18(14)24)9-23(12-31-16)10-30-11-23/h8,13,17H,4-7,9-12H2,1-3H3,(H,27,28)/t17-/m1/s1. The summed E-state index contributed by atoms with van der Waals surface area (Å²) in [6, 6.07) is 1.59. The number of rotatable bonds is 3. The van der Waals surface area contributed by atoms with Gasteiger partial charge in [0.25, 0.3) is 0 Å². The molecule has 2 fully saturated rings. The molecule has 1 aromatic carbocycles. The summed E-state index contributed by atoms with van der Waals surface area (Å²) < 4.78 is 31.8.